The minimum absolute atomic E-state index is 0.530. The van der Waals surface area contributed by atoms with Crippen molar-refractivity contribution >= 4 is 21.7 Å². The van der Waals surface area contributed by atoms with E-state index >= 15 is 0 Å². The van der Waals surface area contributed by atoms with Gasteiger partial charge in [0.25, 0.3) is 0 Å². The van der Waals surface area contributed by atoms with E-state index in [0.717, 1.165) is 36.2 Å². The summed E-state index contributed by atoms with van der Waals surface area (Å²) in [5.41, 5.74) is 1.23. The molecule has 1 aliphatic rings. The van der Waals surface area contributed by atoms with E-state index in [-0.39, 0.29) is 0 Å². The maximum atomic E-state index is 4.55. The summed E-state index contributed by atoms with van der Waals surface area (Å²) < 4.78 is 3.12. The van der Waals surface area contributed by atoms with Gasteiger partial charge < -0.3 is 4.90 Å². The number of aromatic nitrogens is 3. The summed E-state index contributed by atoms with van der Waals surface area (Å²) in [6.45, 7) is 4.20. The molecule has 1 aliphatic heterocycles. The van der Waals surface area contributed by atoms with Crippen LogP contribution in [0.2, 0.25) is 0 Å². The van der Waals surface area contributed by atoms with E-state index in [4.69, 9.17) is 0 Å². The molecule has 0 bridgehead atoms. The predicted molar refractivity (Wildman–Crippen MR) is 79.4 cm³/mol. The molecule has 19 heavy (non-hydrogen) atoms. The summed E-state index contributed by atoms with van der Waals surface area (Å²) >= 11 is 3.46. The molecular weight excluding hydrogens is 304 g/mol. The standard InChI is InChI=1S/C14H17BrN4/c1-11-9-12(15)10-16-14(11)18-7-3-13(4-8-18)19-6-2-5-17-19/h2,5-6,9-10,13H,3-4,7-8H2,1H3. The van der Waals surface area contributed by atoms with Gasteiger partial charge in [0.05, 0.1) is 6.04 Å². The van der Waals surface area contributed by atoms with Crippen LogP contribution in [0.5, 0.6) is 0 Å². The topological polar surface area (TPSA) is 34.0 Å². The number of aryl methyl sites for hydroxylation is 1. The molecule has 0 amide bonds. The van der Waals surface area contributed by atoms with Gasteiger partial charge in [-0.1, -0.05) is 0 Å². The van der Waals surface area contributed by atoms with Gasteiger partial charge in [-0.3, -0.25) is 4.68 Å². The lowest BCUT2D eigenvalue weighted by Crippen LogP contribution is -2.35. The Morgan fingerprint density at radius 2 is 2.11 bits per heavy atom. The van der Waals surface area contributed by atoms with Crippen molar-refractivity contribution < 1.29 is 0 Å². The van der Waals surface area contributed by atoms with Crippen LogP contribution in [0.4, 0.5) is 5.82 Å². The first-order valence-corrected chi connectivity index (χ1v) is 7.39. The maximum absolute atomic E-state index is 4.55. The summed E-state index contributed by atoms with van der Waals surface area (Å²) in [4.78, 5) is 6.92. The first-order chi connectivity index (χ1) is 9.24. The average molecular weight is 321 g/mol. The second-order valence-electron chi connectivity index (χ2n) is 5.00. The molecule has 1 saturated heterocycles. The van der Waals surface area contributed by atoms with Crippen LogP contribution in [-0.2, 0) is 0 Å². The molecule has 100 valence electrons. The highest BCUT2D eigenvalue weighted by Gasteiger charge is 2.22. The van der Waals surface area contributed by atoms with Crippen molar-refractivity contribution in [3.63, 3.8) is 0 Å². The van der Waals surface area contributed by atoms with Gasteiger partial charge in [0, 0.05) is 36.2 Å². The molecule has 0 atom stereocenters. The first-order valence-electron chi connectivity index (χ1n) is 6.60. The monoisotopic (exact) mass is 320 g/mol. The van der Waals surface area contributed by atoms with E-state index in [1.807, 2.05) is 18.5 Å². The summed E-state index contributed by atoms with van der Waals surface area (Å²) in [5, 5.41) is 4.34. The van der Waals surface area contributed by atoms with Gasteiger partial charge in [-0.25, -0.2) is 4.98 Å². The quantitative estimate of drug-likeness (QED) is 0.852. The number of piperidine rings is 1. The van der Waals surface area contributed by atoms with Crippen molar-refractivity contribution in [1.29, 1.82) is 0 Å². The molecule has 0 spiro atoms. The Morgan fingerprint density at radius 1 is 1.32 bits per heavy atom. The average Bonchev–Trinajstić information content (AvgIpc) is 2.93. The van der Waals surface area contributed by atoms with Gasteiger partial charge in [-0.2, -0.15) is 5.10 Å². The number of hydrogen-bond acceptors (Lipinski definition) is 3. The van der Waals surface area contributed by atoms with Crippen LogP contribution in [0.15, 0.2) is 35.2 Å². The fourth-order valence-electron chi connectivity index (χ4n) is 2.70. The highest BCUT2D eigenvalue weighted by Crippen LogP contribution is 2.27. The second-order valence-corrected chi connectivity index (χ2v) is 5.91. The molecule has 4 nitrogen and oxygen atoms in total. The first kappa shape index (κ1) is 12.7. The molecule has 0 aliphatic carbocycles. The van der Waals surface area contributed by atoms with Crippen molar-refractivity contribution in [1.82, 2.24) is 14.8 Å². The van der Waals surface area contributed by atoms with Crippen molar-refractivity contribution in [2.75, 3.05) is 18.0 Å². The third-order valence-corrected chi connectivity index (χ3v) is 4.11. The minimum atomic E-state index is 0.530. The van der Waals surface area contributed by atoms with Gasteiger partial charge >= 0.3 is 0 Å². The van der Waals surface area contributed by atoms with Crippen LogP contribution in [0.3, 0.4) is 0 Å². The molecule has 3 rings (SSSR count). The van der Waals surface area contributed by atoms with E-state index in [1.54, 1.807) is 0 Å². The molecule has 2 aromatic rings. The second kappa shape index (κ2) is 5.33. The van der Waals surface area contributed by atoms with E-state index in [9.17, 15) is 0 Å². The Balaban J connectivity index is 1.70. The number of anilines is 1. The Bertz CT molecular complexity index is 545. The van der Waals surface area contributed by atoms with Gasteiger partial charge in [0.15, 0.2) is 0 Å². The molecule has 1 fully saturated rings. The highest BCUT2D eigenvalue weighted by molar-refractivity contribution is 9.10. The largest absolute Gasteiger partial charge is 0.356 e. The number of halogens is 1. The van der Waals surface area contributed by atoms with Crippen LogP contribution < -0.4 is 4.90 Å². The summed E-state index contributed by atoms with van der Waals surface area (Å²) in [7, 11) is 0. The summed E-state index contributed by atoms with van der Waals surface area (Å²) in [5.74, 6) is 1.11. The summed E-state index contributed by atoms with van der Waals surface area (Å²) in [6.07, 6.45) is 8.04. The normalized spacial score (nSPS) is 16.8. The van der Waals surface area contributed by atoms with Crippen LogP contribution in [0.1, 0.15) is 24.4 Å². The molecule has 0 saturated carbocycles. The number of rotatable bonds is 2. The molecule has 0 aromatic carbocycles. The van der Waals surface area contributed by atoms with Gasteiger partial charge in [-0.15, -0.1) is 0 Å². The molecule has 0 unspecified atom stereocenters. The van der Waals surface area contributed by atoms with Gasteiger partial charge in [0.1, 0.15) is 5.82 Å². The lowest BCUT2D eigenvalue weighted by atomic mass is 10.0. The zero-order valence-electron chi connectivity index (χ0n) is 11.0. The third-order valence-electron chi connectivity index (χ3n) is 3.68. The fourth-order valence-corrected chi connectivity index (χ4v) is 3.15. The molecule has 0 N–H and O–H groups in total. The van der Waals surface area contributed by atoms with E-state index in [2.05, 4.69) is 54.8 Å². The number of pyridine rings is 1. The molecule has 2 aromatic heterocycles. The minimum Gasteiger partial charge on any atom is -0.356 e. The lowest BCUT2D eigenvalue weighted by Gasteiger charge is -2.33. The lowest BCUT2D eigenvalue weighted by molar-refractivity contribution is 0.366. The SMILES string of the molecule is Cc1cc(Br)cnc1N1CCC(n2cccn2)CC1. The zero-order valence-corrected chi connectivity index (χ0v) is 12.5. The Labute approximate surface area is 121 Å². The Morgan fingerprint density at radius 3 is 2.74 bits per heavy atom. The number of hydrogen-bond donors (Lipinski definition) is 0. The molecular formula is C14H17BrN4. The van der Waals surface area contributed by atoms with Crippen LogP contribution in [-0.4, -0.2) is 27.9 Å². The zero-order chi connectivity index (χ0) is 13.2. The van der Waals surface area contributed by atoms with Crippen LogP contribution >= 0.6 is 15.9 Å². The van der Waals surface area contributed by atoms with E-state index in [0.29, 0.717) is 6.04 Å². The van der Waals surface area contributed by atoms with Crippen molar-refractivity contribution in [3.8, 4) is 0 Å². The van der Waals surface area contributed by atoms with Crippen molar-refractivity contribution in [2.24, 2.45) is 0 Å². The van der Waals surface area contributed by atoms with E-state index in [1.165, 1.54) is 5.56 Å². The third kappa shape index (κ3) is 2.66. The predicted octanol–water partition coefficient (Wildman–Crippen LogP) is 3.19. The Kier molecular flexibility index (Phi) is 3.55. The maximum Gasteiger partial charge on any atom is 0.131 e. The molecule has 3 heterocycles. The molecule has 0 radical (unpaired) electrons. The smallest absolute Gasteiger partial charge is 0.131 e. The molecule has 5 heteroatoms. The summed E-state index contributed by atoms with van der Waals surface area (Å²) in [6, 6.07) is 4.65. The van der Waals surface area contributed by atoms with Crippen LogP contribution in [0.25, 0.3) is 0 Å². The Hall–Kier alpha value is -1.36. The van der Waals surface area contributed by atoms with Crippen molar-refractivity contribution in [2.45, 2.75) is 25.8 Å². The number of nitrogens with zero attached hydrogens (tertiary/aromatic N) is 4. The highest BCUT2D eigenvalue weighted by atomic mass is 79.9. The van der Waals surface area contributed by atoms with Gasteiger partial charge in [-0.05, 0) is 53.4 Å². The van der Waals surface area contributed by atoms with Gasteiger partial charge in [0.2, 0.25) is 0 Å². The van der Waals surface area contributed by atoms with Crippen LogP contribution in [0, 0.1) is 6.92 Å². The van der Waals surface area contributed by atoms with Crippen molar-refractivity contribution in [3.05, 3.63) is 40.8 Å². The van der Waals surface area contributed by atoms with E-state index < -0.39 is 0 Å². The fraction of sp³-hybridized carbons (Fsp3) is 0.429.